The Morgan fingerprint density at radius 1 is 1.11 bits per heavy atom. The van der Waals surface area contributed by atoms with E-state index in [-0.39, 0.29) is 24.0 Å². The lowest BCUT2D eigenvalue weighted by atomic mass is 10.1. The number of carbonyl (C=O) groups is 3. The van der Waals surface area contributed by atoms with Gasteiger partial charge >= 0.3 is 6.03 Å². The zero-order chi connectivity index (χ0) is 20.5. The van der Waals surface area contributed by atoms with Gasteiger partial charge in [0, 0.05) is 18.8 Å². The van der Waals surface area contributed by atoms with Crippen molar-refractivity contribution >= 4 is 35.1 Å². The van der Waals surface area contributed by atoms with Gasteiger partial charge < -0.3 is 25.3 Å². The predicted octanol–water partition coefficient (Wildman–Crippen LogP) is 2.85. The van der Waals surface area contributed by atoms with Crippen molar-refractivity contribution in [3.05, 3.63) is 52.9 Å². The van der Waals surface area contributed by atoms with Crippen LogP contribution in [0.15, 0.2) is 41.0 Å². The fourth-order valence-electron chi connectivity index (χ4n) is 2.46. The van der Waals surface area contributed by atoms with Crippen LogP contribution in [-0.4, -0.2) is 42.4 Å². The summed E-state index contributed by atoms with van der Waals surface area (Å²) in [6.45, 7) is 4.94. The van der Waals surface area contributed by atoms with Crippen LogP contribution in [0.25, 0.3) is 0 Å². The minimum absolute atomic E-state index is 0.164. The van der Waals surface area contributed by atoms with E-state index in [9.17, 15) is 14.4 Å². The van der Waals surface area contributed by atoms with Crippen LogP contribution in [0.1, 0.15) is 30.0 Å². The quantitative estimate of drug-likeness (QED) is 0.627. The van der Waals surface area contributed by atoms with E-state index in [1.807, 2.05) is 13.8 Å². The van der Waals surface area contributed by atoms with Crippen molar-refractivity contribution in [1.82, 2.24) is 15.5 Å². The Hall–Kier alpha value is -3.00. The number of benzene rings is 1. The second-order valence-corrected chi connectivity index (χ2v) is 6.24. The number of urea groups is 1. The summed E-state index contributed by atoms with van der Waals surface area (Å²) in [6.07, 6.45) is 1.51. The molecule has 28 heavy (non-hydrogen) atoms. The molecule has 2 rings (SSSR count). The van der Waals surface area contributed by atoms with Crippen LogP contribution >= 0.6 is 11.6 Å². The Labute approximate surface area is 168 Å². The van der Waals surface area contributed by atoms with Gasteiger partial charge in [-0.05, 0) is 44.2 Å². The first-order valence-electron chi connectivity index (χ1n) is 8.87. The van der Waals surface area contributed by atoms with E-state index in [1.54, 1.807) is 29.2 Å². The van der Waals surface area contributed by atoms with Gasteiger partial charge in [0.25, 0.3) is 5.91 Å². The molecule has 0 radical (unpaired) electrons. The zero-order valence-corrected chi connectivity index (χ0v) is 16.5. The Morgan fingerprint density at radius 2 is 1.86 bits per heavy atom. The number of furan rings is 1. The number of nitrogens with one attached hydrogen (secondary N) is 3. The largest absolute Gasteiger partial charge is 0.467 e. The van der Waals surface area contributed by atoms with E-state index in [1.165, 1.54) is 12.3 Å². The van der Waals surface area contributed by atoms with Gasteiger partial charge in [0.15, 0.2) is 0 Å². The van der Waals surface area contributed by atoms with Gasteiger partial charge in [-0.2, -0.15) is 0 Å². The summed E-state index contributed by atoms with van der Waals surface area (Å²) in [7, 11) is 0. The number of amides is 4. The highest BCUT2D eigenvalue weighted by atomic mass is 35.5. The first kappa shape index (κ1) is 21.3. The van der Waals surface area contributed by atoms with Gasteiger partial charge in [-0.25, -0.2) is 4.79 Å². The van der Waals surface area contributed by atoms with E-state index >= 15 is 0 Å². The number of carbonyl (C=O) groups excluding carboxylic acids is 3. The number of hydrogen-bond acceptors (Lipinski definition) is 4. The molecule has 1 aromatic heterocycles. The average molecular weight is 407 g/mol. The molecule has 150 valence electrons. The smallest absolute Gasteiger partial charge is 0.315 e. The van der Waals surface area contributed by atoms with Crippen molar-refractivity contribution < 1.29 is 18.8 Å². The fourth-order valence-corrected chi connectivity index (χ4v) is 2.72. The van der Waals surface area contributed by atoms with Crippen molar-refractivity contribution in [3.8, 4) is 0 Å². The van der Waals surface area contributed by atoms with Crippen LogP contribution < -0.4 is 16.0 Å². The Balaban J connectivity index is 1.84. The van der Waals surface area contributed by atoms with Crippen LogP contribution in [-0.2, 0) is 11.3 Å². The highest BCUT2D eigenvalue weighted by molar-refractivity contribution is 6.34. The van der Waals surface area contributed by atoms with Crippen molar-refractivity contribution in [2.75, 3.05) is 25.0 Å². The number of halogens is 1. The second-order valence-electron chi connectivity index (χ2n) is 5.84. The normalized spacial score (nSPS) is 10.2. The molecule has 1 aromatic carbocycles. The lowest BCUT2D eigenvalue weighted by molar-refractivity contribution is -0.115. The minimum atomic E-state index is -0.496. The molecular formula is C19H23ClN4O4. The predicted molar refractivity (Wildman–Crippen MR) is 106 cm³/mol. The molecular weight excluding hydrogens is 384 g/mol. The molecule has 4 amide bonds. The summed E-state index contributed by atoms with van der Waals surface area (Å²) < 4.78 is 5.09. The van der Waals surface area contributed by atoms with Crippen molar-refractivity contribution in [2.45, 2.75) is 20.4 Å². The molecule has 0 fully saturated rings. The van der Waals surface area contributed by atoms with Crippen molar-refractivity contribution in [3.63, 3.8) is 0 Å². The maximum atomic E-state index is 12.4. The summed E-state index contributed by atoms with van der Waals surface area (Å²) >= 11 is 6.20. The van der Waals surface area contributed by atoms with Crippen molar-refractivity contribution in [1.29, 1.82) is 0 Å². The molecule has 1 heterocycles. The Bertz CT molecular complexity index is 819. The molecule has 0 aliphatic heterocycles. The summed E-state index contributed by atoms with van der Waals surface area (Å²) in [5.41, 5.74) is 0.808. The van der Waals surface area contributed by atoms with Crippen LogP contribution in [0.3, 0.4) is 0 Å². The Morgan fingerprint density at radius 3 is 2.46 bits per heavy atom. The molecule has 0 saturated carbocycles. The molecule has 0 aliphatic rings. The van der Waals surface area contributed by atoms with E-state index in [2.05, 4.69) is 16.0 Å². The first-order valence-corrected chi connectivity index (χ1v) is 9.25. The van der Waals surface area contributed by atoms with E-state index in [0.29, 0.717) is 30.1 Å². The van der Waals surface area contributed by atoms with Gasteiger partial charge in [0.2, 0.25) is 5.91 Å². The third kappa shape index (κ3) is 6.02. The maximum Gasteiger partial charge on any atom is 0.315 e. The molecule has 2 aromatic rings. The fraction of sp³-hybridized carbons (Fsp3) is 0.316. The molecule has 0 unspecified atom stereocenters. The number of hydrogen-bond donors (Lipinski definition) is 3. The van der Waals surface area contributed by atoms with Gasteiger partial charge in [-0.15, -0.1) is 0 Å². The Kier molecular flexibility index (Phi) is 7.88. The highest BCUT2D eigenvalue weighted by Crippen LogP contribution is 2.22. The second kappa shape index (κ2) is 10.4. The minimum Gasteiger partial charge on any atom is -0.467 e. The van der Waals surface area contributed by atoms with Crippen molar-refractivity contribution in [2.24, 2.45) is 0 Å². The van der Waals surface area contributed by atoms with E-state index < -0.39 is 11.9 Å². The van der Waals surface area contributed by atoms with Gasteiger partial charge in [0.1, 0.15) is 5.76 Å². The van der Waals surface area contributed by atoms with E-state index in [4.69, 9.17) is 16.0 Å². The summed E-state index contributed by atoms with van der Waals surface area (Å²) in [5.74, 6) is 0.0170. The third-order valence-electron chi connectivity index (χ3n) is 3.95. The average Bonchev–Trinajstić information content (AvgIpc) is 3.19. The summed E-state index contributed by atoms with van der Waals surface area (Å²) in [5, 5.41) is 7.88. The van der Waals surface area contributed by atoms with Crippen LogP contribution in [0, 0.1) is 0 Å². The molecule has 3 N–H and O–H groups in total. The molecule has 0 saturated heterocycles. The van der Waals surface area contributed by atoms with Gasteiger partial charge in [0.05, 0.1) is 29.9 Å². The number of nitrogens with zero attached hydrogens (tertiary/aromatic N) is 1. The zero-order valence-electron chi connectivity index (χ0n) is 15.8. The van der Waals surface area contributed by atoms with Gasteiger partial charge in [-0.1, -0.05) is 11.6 Å². The first-order chi connectivity index (χ1) is 13.4. The highest BCUT2D eigenvalue weighted by Gasteiger charge is 2.16. The standard InChI is InChI=1S/C19H23ClN4O4/c1-3-24(4-2)18(26)15-8-7-13(10-16(15)20)23-17(25)12-22-19(27)21-11-14-6-5-9-28-14/h5-10H,3-4,11-12H2,1-2H3,(H,23,25)(H2,21,22,27). The number of anilines is 1. The summed E-state index contributed by atoms with van der Waals surface area (Å²) in [6, 6.07) is 7.62. The van der Waals surface area contributed by atoms with Crippen LogP contribution in [0.4, 0.5) is 10.5 Å². The van der Waals surface area contributed by atoms with Crippen LogP contribution in [0.2, 0.25) is 5.02 Å². The third-order valence-corrected chi connectivity index (χ3v) is 4.26. The molecule has 0 bridgehead atoms. The SMILES string of the molecule is CCN(CC)C(=O)c1ccc(NC(=O)CNC(=O)NCc2ccco2)cc1Cl. The molecule has 0 aliphatic carbocycles. The van der Waals surface area contributed by atoms with Gasteiger partial charge in [-0.3, -0.25) is 9.59 Å². The monoisotopic (exact) mass is 406 g/mol. The molecule has 9 heteroatoms. The molecule has 0 spiro atoms. The van der Waals surface area contributed by atoms with E-state index in [0.717, 1.165) is 0 Å². The topological polar surface area (TPSA) is 104 Å². The molecule has 8 nitrogen and oxygen atoms in total. The lowest BCUT2D eigenvalue weighted by Gasteiger charge is -2.19. The summed E-state index contributed by atoms with van der Waals surface area (Å²) in [4.78, 5) is 37.7. The van der Waals surface area contributed by atoms with Crippen LogP contribution in [0.5, 0.6) is 0 Å². The molecule has 0 atom stereocenters. The maximum absolute atomic E-state index is 12.4. The number of rotatable bonds is 8. The lowest BCUT2D eigenvalue weighted by Crippen LogP contribution is -2.39.